The van der Waals surface area contributed by atoms with Gasteiger partial charge < -0.3 is 10.0 Å². The quantitative estimate of drug-likeness (QED) is 0.786. The summed E-state index contributed by atoms with van der Waals surface area (Å²) >= 11 is 1.92. The molecule has 1 N–H and O–H groups in total. The number of nitrogens with zero attached hydrogens (tertiary/aromatic N) is 1. The highest BCUT2D eigenvalue weighted by Gasteiger charge is 2.35. The number of carboxylic acids is 1. The van der Waals surface area contributed by atoms with Crippen LogP contribution in [0, 0.1) is 15.3 Å². The molecule has 0 radical (unpaired) electrons. The molecule has 1 aliphatic rings. The first-order valence-electron chi connectivity index (χ1n) is 6.39. The summed E-state index contributed by atoms with van der Waals surface area (Å²) in [6.07, 6.45) is 1.80. The largest absolute Gasteiger partial charge is 0.481 e. The van der Waals surface area contributed by atoms with Crippen molar-refractivity contribution in [2.75, 3.05) is 6.54 Å². The highest BCUT2D eigenvalue weighted by molar-refractivity contribution is 14.1. The summed E-state index contributed by atoms with van der Waals surface area (Å²) in [4.78, 5) is 25.1. The zero-order valence-electron chi connectivity index (χ0n) is 11.0. The van der Waals surface area contributed by atoms with Crippen LogP contribution in [-0.2, 0) is 4.79 Å². The molecule has 2 rings (SSSR count). The van der Waals surface area contributed by atoms with Gasteiger partial charge in [0, 0.05) is 16.2 Å². The molecule has 1 aliphatic carbocycles. The van der Waals surface area contributed by atoms with Crippen LogP contribution in [0.5, 0.6) is 0 Å². The molecule has 1 saturated carbocycles. The number of halogens is 2. The number of rotatable bonds is 5. The third-order valence-corrected chi connectivity index (χ3v) is 4.19. The van der Waals surface area contributed by atoms with E-state index in [0.717, 1.165) is 12.8 Å². The Morgan fingerprint density at radius 2 is 2.15 bits per heavy atom. The van der Waals surface area contributed by atoms with Gasteiger partial charge in [0.25, 0.3) is 5.91 Å². The van der Waals surface area contributed by atoms with Crippen molar-refractivity contribution in [1.29, 1.82) is 0 Å². The molecule has 1 fully saturated rings. The van der Waals surface area contributed by atoms with Crippen LogP contribution in [-0.4, -0.2) is 34.5 Å². The van der Waals surface area contributed by atoms with Crippen LogP contribution in [0.25, 0.3) is 0 Å². The predicted molar refractivity (Wildman–Crippen MR) is 80.0 cm³/mol. The number of carbonyl (C=O) groups is 2. The molecule has 0 spiro atoms. The number of hydrogen-bond donors (Lipinski definition) is 1. The smallest absolute Gasteiger partial charge is 0.308 e. The molecule has 1 aromatic rings. The molecule has 108 valence electrons. The maximum atomic E-state index is 13.1. The molecule has 0 saturated heterocycles. The van der Waals surface area contributed by atoms with Crippen LogP contribution in [0.4, 0.5) is 4.39 Å². The van der Waals surface area contributed by atoms with E-state index in [-0.39, 0.29) is 24.3 Å². The maximum absolute atomic E-state index is 13.1. The zero-order valence-corrected chi connectivity index (χ0v) is 13.1. The van der Waals surface area contributed by atoms with Crippen LogP contribution in [0.2, 0.25) is 0 Å². The summed E-state index contributed by atoms with van der Waals surface area (Å²) in [5.74, 6) is -2.14. The van der Waals surface area contributed by atoms with E-state index in [9.17, 15) is 14.0 Å². The zero-order chi connectivity index (χ0) is 14.9. The topological polar surface area (TPSA) is 57.6 Å². The Balaban J connectivity index is 2.20. The van der Waals surface area contributed by atoms with Gasteiger partial charge in [-0.05, 0) is 53.6 Å². The van der Waals surface area contributed by atoms with E-state index >= 15 is 0 Å². The van der Waals surface area contributed by atoms with E-state index in [1.807, 2.05) is 22.6 Å². The second-order valence-corrected chi connectivity index (χ2v) is 6.21. The first kappa shape index (κ1) is 15.2. The van der Waals surface area contributed by atoms with Crippen molar-refractivity contribution in [2.24, 2.45) is 5.92 Å². The van der Waals surface area contributed by atoms with Gasteiger partial charge in [-0.2, -0.15) is 0 Å². The minimum absolute atomic E-state index is 0.116. The average molecular weight is 391 g/mol. The standard InChI is InChI=1S/C14H15FINO3/c1-8(14(19)20)7-17(10-3-4-10)13(18)11-5-2-9(15)6-12(11)16/h2,5-6,8,10H,3-4,7H2,1H3,(H,19,20). The van der Waals surface area contributed by atoms with Crippen LogP contribution in [0.1, 0.15) is 30.1 Å². The molecule has 1 amide bonds. The Kier molecular flexibility index (Phi) is 4.62. The molecule has 6 heteroatoms. The molecule has 0 heterocycles. The van der Waals surface area contributed by atoms with Gasteiger partial charge >= 0.3 is 5.97 Å². The van der Waals surface area contributed by atoms with E-state index in [1.54, 1.807) is 11.8 Å². The Morgan fingerprint density at radius 1 is 1.50 bits per heavy atom. The predicted octanol–water partition coefficient (Wildman–Crippen LogP) is 2.76. The van der Waals surface area contributed by atoms with E-state index in [2.05, 4.69) is 0 Å². The SMILES string of the molecule is CC(CN(C(=O)c1ccc(F)cc1I)C1CC1)C(=O)O. The molecule has 1 aromatic carbocycles. The lowest BCUT2D eigenvalue weighted by Gasteiger charge is -2.25. The maximum Gasteiger partial charge on any atom is 0.308 e. The minimum Gasteiger partial charge on any atom is -0.481 e. The van der Waals surface area contributed by atoms with Gasteiger partial charge in [0.2, 0.25) is 0 Å². The molecule has 1 atom stereocenters. The monoisotopic (exact) mass is 391 g/mol. The lowest BCUT2D eigenvalue weighted by atomic mass is 10.1. The first-order valence-corrected chi connectivity index (χ1v) is 7.47. The molecule has 4 nitrogen and oxygen atoms in total. The van der Waals surface area contributed by atoms with Crippen LogP contribution in [0.15, 0.2) is 18.2 Å². The Morgan fingerprint density at radius 3 is 2.65 bits per heavy atom. The fraction of sp³-hybridized carbons (Fsp3) is 0.429. The number of carbonyl (C=O) groups excluding carboxylic acids is 1. The second kappa shape index (κ2) is 6.07. The highest BCUT2D eigenvalue weighted by Crippen LogP contribution is 2.30. The molecule has 0 aromatic heterocycles. The third-order valence-electron chi connectivity index (χ3n) is 3.30. The normalized spacial score (nSPS) is 15.8. The summed E-state index contributed by atoms with van der Waals surface area (Å²) < 4.78 is 13.6. The van der Waals surface area contributed by atoms with E-state index in [1.165, 1.54) is 18.2 Å². The van der Waals surface area contributed by atoms with Gasteiger partial charge in [-0.15, -0.1) is 0 Å². The van der Waals surface area contributed by atoms with Crippen molar-refractivity contribution in [3.8, 4) is 0 Å². The molecular formula is C14H15FINO3. The Labute approximate surface area is 130 Å². The van der Waals surface area contributed by atoms with Crippen LogP contribution >= 0.6 is 22.6 Å². The van der Waals surface area contributed by atoms with Gasteiger partial charge in [0.05, 0.1) is 11.5 Å². The minimum atomic E-state index is -0.919. The highest BCUT2D eigenvalue weighted by atomic mass is 127. The van der Waals surface area contributed by atoms with Crippen LogP contribution < -0.4 is 0 Å². The lowest BCUT2D eigenvalue weighted by molar-refractivity contribution is -0.141. The van der Waals surface area contributed by atoms with Crippen molar-refractivity contribution >= 4 is 34.5 Å². The number of amides is 1. The Hall–Kier alpha value is -1.18. The molecule has 0 bridgehead atoms. The van der Waals surface area contributed by atoms with Crippen molar-refractivity contribution in [2.45, 2.75) is 25.8 Å². The molecular weight excluding hydrogens is 376 g/mol. The van der Waals surface area contributed by atoms with Crippen molar-refractivity contribution < 1.29 is 19.1 Å². The number of aliphatic carboxylic acids is 1. The van der Waals surface area contributed by atoms with Crippen molar-refractivity contribution in [3.05, 3.63) is 33.1 Å². The molecule has 1 unspecified atom stereocenters. The van der Waals surface area contributed by atoms with E-state index in [4.69, 9.17) is 5.11 Å². The summed E-state index contributed by atoms with van der Waals surface area (Å²) in [6, 6.07) is 4.13. The second-order valence-electron chi connectivity index (χ2n) is 5.05. The fourth-order valence-corrected chi connectivity index (χ4v) is 2.68. The van der Waals surface area contributed by atoms with Crippen LogP contribution in [0.3, 0.4) is 0 Å². The summed E-state index contributed by atoms with van der Waals surface area (Å²) in [6.45, 7) is 1.77. The van der Waals surface area contributed by atoms with Gasteiger partial charge in [-0.25, -0.2) is 4.39 Å². The number of carboxylic acid groups (broad SMARTS) is 1. The first-order chi connectivity index (χ1) is 9.40. The summed E-state index contributed by atoms with van der Waals surface area (Å²) in [7, 11) is 0. The van der Waals surface area contributed by atoms with E-state index in [0.29, 0.717) is 9.13 Å². The van der Waals surface area contributed by atoms with Gasteiger partial charge in [-0.1, -0.05) is 6.92 Å². The molecule has 0 aliphatic heterocycles. The van der Waals surface area contributed by atoms with Gasteiger partial charge in [0.15, 0.2) is 0 Å². The van der Waals surface area contributed by atoms with Crippen molar-refractivity contribution in [3.63, 3.8) is 0 Å². The third kappa shape index (κ3) is 3.47. The van der Waals surface area contributed by atoms with Gasteiger partial charge in [0.1, 0.15) is 5.82 Å². The molecule has 20 heavy (non-hydrogen) atoms. The van der Waals surface area contributed by atoms with Gasteiger partial charge in [-0.3, -0.25) is 9.59 Å². The average Bonchev–Trinajstić information content (AvgIpc) is 3.19. The number of hydrogen-bond acceptors (Lipinski definition) is 2. The Bertz CT molecular complexity index is 545. The summed E-state index contributed by atoms with van der Waals surface area (Å²) in [5.41, 5.74) is 0.427. The fourth-order valence-electron chi connectivity index (χ4n) is 1.97. The number of benzene rings is 1. The van der Waals surface area contributed by atoms with Crippen molar-refractivity contribution in [1.82, 2.24) is 4.90 Å². The lowest BCUT2D eigenvalue weighted by Crippen LogP contribution is -2.38. The van der Waals surface area contributed by atoms with E-state index < -0.39 is 11.9 Å². The summed E-state index contributed by atoms with van der Waals surface area (Å²) in [5, 5.41) is 8.99.